The number of carbonyl (C=O) groups is 1. The van der Waals surface area contributed by atoms with E-state index in [1.54, 1.807) is 24.5 Å². The predicted octanol–water partition coefficient (Wildman–Crippen LogP) is 3.20. The number of aromatic nitrogens is 3. The third-order valence-electron chi connectivity index (χ3n) is 4.85. The van der Waals surface area contributed by atoms with E-state index in [4.69, 9.17) is 5.10 Å². The summed E-state index contributed by atoms with van der Waals surface area (Å²) in [5, 5.41) is 7.77. The van der Waals surface area contributed by atoms with Gasteiger partial charge in [-0.1, -0.05) is 12.8 Å². The van der Waals surface area contributed by atoms with Gasteiger partial charge in [0.15, 0.2) is 0 Å². The first kappa shape index (κ1) is 14.4. The van der Waals surface area contributed by atoms with Crippen LogP contribution in [0, 0.1) is 0 Å². The van der Waals surface area contributed by atoms with Crippen molar-refractivity contribution in [3.8, 4) is 0 Å². The minimum atomic E-state index is -0.0733. The Bertz CT molecular complexity index is 684. The van der Waals surface area contributed by atoms with Gasteiger partial charge < -0.3 is 5.32 Å². The molecule has 2 aliphatic rings. The molecule has 0 atom stereocenters. The molecule has 1 amide bonds. The fourth-order valence-electron chi connectivity index (χ4n) is 3.45. The zero-order valence-electron chi connectivity index (χ0n) is 13.2. The van der Waals surface area contributed by atoms with E-state index in [2.05, 4.69) is 21.0 Å². The van der Waals surface area contributed by atoms with Gasteiger partial charge in [-0.05, 0) is 43.9 Å². The molecule has 0 radical (unpaired) electrons. The number of nitrogens with one attached hydrogen (secondary N) is 1. The van der Waals surface area contributed by atoms with Crippen LogP contribution in [0.4, 0.5) is 0 Å². The van der Waals surface area contributed by atoms with Crippen LogP contribution < -0.4 is 5.32 Å². The van der Waals surface area contributed by atoms with Gasteiger partial charge in [0.25, 0.3) is 5.91 Å². The molecule has 2 fully saturated rings. The zero-order chi connectivity index (χ0) is 15.6. The Labute approximate surface area is 136 Å². The van der Waals surface area contributed by atoms with E-state index in [-0.39, 0.29) is 5.91 Å². The molecule has 0 bridgehead atoms. The molecule has 1 N–H and O–H groups in total. The molecule has 2 aromatic rings. The van der Waals surface area contributed by atoms with Gasteiger partial charge in [0.05, 0.1) is 18.3 Å². The zero-order valence-corrected chi connectivity index (χ0v) is 13.2. The van der Waals surface area contributed by atoms with Crippen LogP contribution in [0.25, 0.3) is 0 Å². The standard InChI is InChI=1S/C18H22N4O/c23-18(14-7-9-19-10-8-14)20-12-15-11-17(13-5-6-13)22(21-15)16-3-1-2-4-16/h7-11,13,16H,1-6,12H2,(H,20,23). The Morgan fingerprint density at radius 3 is 2.61 bits per heavy atom. The van der Waals surface area contributed by atoms with Gasteiger partial charge in [-0.15, -0.1) is 0 Å². The van der Waals surface area contributed by atoms with Crippen LogP contribution in [0.1, 0.15) is 72.2 Å². The van der Waals surface area contributed by atoms with Crippen molar-refractivity contribution in [1.82, 2.24) is 20.1 Å². The van der Waals surface area contributed by atoms with Crippen molar-refractivity contribution in [3.05, 3.63) is 47.5 Å². The summed E-state index contributed by atoms with van der Waals surface area (Å²) < 4.78 is 2.26. The minimum Gasteiger partial charge on any atom is -0.346 e. The monoisotopic (exact) mass is 310 g/mol. The summed E-state index contributed by atoms with van der Waals surface area (Å²) >= 11 is 0. The first-order valence-electron chi connectivity index (χ1n) is 8.58. The number of hydrogen-bond donors (Lipinski definition) is 1. The smallest absolute Gasteiger partial charge is 0.251 e. The molecule has 0 aliphatic heterocycles. The van der Waals surface area contributed by atoms with E-state index in [0.29, 0.717) is 24.1 Å². The van der Waals surface area contributed by atoms with Gasteiger partial charge in [0.2, 0.25) is 0 Å². The summed E-state index contributed by atoms with van der Waals surface area (Å²) in [6, 6.07) is 6.21. The van der Waals surface area contributed by atoms with Crippen LogP contribution in [0.2, 0.25) is 0 Å². The van der Waals surface area contributed by atoms with E-state index < -0.39 is 0 Å². The van der Waals surface area contributed by atoms with Crippen molar-refractivity contribution in [3.63, 3.8) is 0 Å². The van der Waals surface area contributed by atoms with Gasteiger partial charge in [-0.3, -0.25) is 14.5 Å². The highest BCUT2D eigenvalue weighted by molar-refractivity contribution is 5.93. The van der Waals surface area contributed by atoms with Crippen LogP contribution in [0.15, 0.2) is 30.6 Å². The molecule has 0 saturated heterocycles. The fraction of sp³-hybridized carbons (Fsp3) is 0.500. The van der Waals surface area contributed by atoms with Crippen LogP contribution in [0.3, 0.4) is 0 Å². The van der Waals surface area contributed by atoms with Crippen molar-refractivity contribution >= 4 is 5.91 Å². The average molecular weight is 310 g/mol. The Hall–Kier alpha value is -2.17. The molecular weight excluding hydrogens is 288 g/mol. The second kappa shape index (κ2) is 6.14. The van der Waals surface area contributed by atoms with E-state index in [1.807, 2.05) is 0 Å². The molecule has 4 rings (SSSR count). The van der Waals surface area contributed by atoms with Gasteiger partial charge in [-0.2, -0.15) is 5.10 Å². The summed E-state index contributed by atoms with van der Waals surface area (Å²) in [5.41, 5.74) is 2.99. The minimum absolute atomic E-state index is 0.0733. The number of amides is 1. The van der Waals surface area contributed by atoms with Crippen LogP contribution in [0.5, 0.6) is 0 Å². The van der Waals surface area contributed by atoms with Crippen molar-refractivity contribution < 1.29 is 4.79 Å². The van der Waals surface area contributed by atoms with E-state index >= 15 is 0 Å². The molecule has 5 nitrogen and oxygen atoms in total. The predicted molar refractivity (Wildman–Crippen MR) is 87.1 cm³/mol. The quantitative estimate of drug-likeness (QED) is 0.922. The van der Waals surface area contributed by atoms with E-state index in [9.17, 15) is 4.79 Å². The first-order chi connectivity index (χ1) is 11.3. The molecular formula is C18H22N4O. The van der Waals surface area contributed by atoms with Crippen molar-refractivity contribution in [2.75, 3.05) is 0 Å². The van der Waals surface area contributed by atoms with E-state index in [0.717, 1.165) is 5.69 Å². The van der Waals surface area contributed by atoms with Gasteiger partial charge in [0.1, 0.15) is 0 Å². The maximum absolute atomic E-state index is 12.1. The summed E-state index contributed by atoms with van der Waals surface area (Å²) in [4.78, 5) is 16.1. The highest BCUT2D eigenvalue weighted by atomic mass is 16.1. The molecule has 2 aliphatic carbocycles. The number of nitrogens with zero attached hydrogens (tertiary/aromatic N) is 3. The Morgan fingerprint density at radius 2 is 1.91 bits per heavy atom. The topological polar surface area (TPSA) is 59.8 Å². The maximum atomic E-state index is 12.1. The molecule has 120 valence electrons. The molecule has 0 spiro atoms. The molecule has 2 heterocycles. The summed E-state index contributed by atoms with van der Waals surface area (Å²) in [7, 11) is 0. The lowest BCUT2D eigenvalue weighted by Gasteiger charge is -2.13. The average Bonchev–Trinajstić information content (AvgIpc) is 3.12. The van der Waals surface area contributed by atoms with Crippen LogP contribution >= 0.6 is 0 Å². The fourth-order valence-corrected chi connectivity index (χ4v) is 3.45. The lowest BCUT2D eigenvalue weighted by atomic mass is 10.2. The highest BCUT2D eigenvalue weighted by Gasteiger charge is 2.31. The number of hydrogen-bond acceptors (Lipinski definition) is 3. The van der Waals surface area contributed by atoms with Gasteiger partial charge in [0, 0.05) is 29.6 Å². The van der Waals surface area contributed by atoms with Crippen molar-refractivity contribution in [2.45, 2.75) is 57.0 Å². The normalized spacial score (nSPS) is 18.3. The summed E-state index contributed by atoms with van der Waals surface area (Å²) in [6.45, 7) is 0.487. The lowest BCUT2D eigenvalue weighted by molar-refractivity contribution is 0.0950. The molecule has 23 heavy (non-hydrogen) atoms. The Morgan fingerprint density at radius 1 is 1.17 bits per heavy atom. The first-order valence-corrected chi connectivity index (χ1v) is 8.58. The van der Waals surface area contributed by atoms with Crippen molar-refractivity contribution in [1.29, 1.82) is 0 Å². The molecule has 2 aromatic heterocycles. The van der Waals surface area contributed by atoms with Crippen LogP contribution in [-0.4, -0.2) is 20.7 Å². The lowest BCUT2D eigenvalue weighted by Crippen LogP contribution is -2.23. The Kier molecular flexibility index (Phi) is 3.85. The third kappa shape index (κ3) is 3.14. The number of pyridine rings is 1. The molecule has 0 aromatic carbocycles. The Balaban J connectivity index is 1.46. The van der Waals surface area contributed by atoms with Crippen molar-refractivity contribution in [2.24, 2.45) is 0 Å². The van der Waals surface area contributed by atoms with E-state index in [1.165, 1.54) is 44.2 Å². The third-order valence-corrected chi connectivity index (χ3v) is 4.85. The second-order valence-corrected chi connectivity index (χ2v) is 6.64. The van der Waals surface area contributed by atoms with Crippen LogP contribution in [-0.2, 0) is 6.54 Å². The SMILES string of the molecule is O=C(NCc1cc(C2CC2)n(C2CCCC2)n1)c1ccncc1. The maximum Gasteiger partial charge on any atom is 0.251 e. The number of rotatable bonds is 5. The van der Waals surface area contributed by atoms with Gasteiger partial charge >= 0.3 is 0 Å². The molecule has 0 unspecified atom stereocenters. The molecule has 2 saturated carbocycles. The summed E-state index contributed by atoms with van der Waals surface area (Å²) in [6.07, 6.45) is 10.9. The molecule has 5 heteroatoms. The summed E-state index contributed by atoms with van der Waals surface area (Å²) in [5.74, 6) is 0.614. The largest absolute Gasteiger partial charge is 0.346 e. The number of carbonyl (C=O) groups excluding carboxylic acids is 1. The second-order valence-electron chi connectivity index (χ2n) is 6.64. The highest BCUT2D eigenvalue weighted by Crippen LogP contribution is 2.43. The van der Waals surface area contributed by atoms with Gasteiger partial charge in [-0.25, -0.2) is 0 Å².